The Morgan fingerprint density at radius 3 is 0.433 bits per heavy atom. The first kappa shape index (κ1) is 65.1. The average molecular weight is 1310 g/mol. The molecule has 2 radical (unpaired) electrons. The predicted molar refractivity (Wildman–Crippen MR) is 355 cm³/mol. The van der Waals surface area contributed by atoms with Crippen molar-refractivity contribution in [3.8, 4) is 0 Å². The standard InChI is InChI=1S/2C27H59Si6.Pb/c2*1-28(2,3)25(29(4,5)6)22-19-23(26(30(7,8)9)31(10,11)12)21-24(20-22)27(32(13,14)15)33(16,17)18;/h2*19-20,25-27H,1-18H3;. The average Bonchev–Trinajstić information content (AvgIpc) is 2.91. The minimum atomic E-state index is -1.83. The molecule has 13 heteroatoms. The number of benzene rings is 2. The third kappa shape index (κ3) is 16.5. The van der Waals surface area contributed by atoms with Crippen LogP contribution in [0.5, 0.6) is 0 Å². The Labute approximate surface area is 447 Å². The second-order valence-electron chi connectivity index (χ2n) is 35.3. The Hall–Kier alpha value is 1.96. The van der Waals surface area contributed by atoms with Crippen LogP contribution in [0, 0.1) is 0 Å². The summed E-state index contributed by atoms with van der Waals surface area (Å²) in [4.78, 5) is 0. The molecule has 0 saturated carbocycles. The molecule has 0 heterocycles. The summed E-state index contributed by atoms with van der Waals surface area (Å²) in [5, 5.41) is 4.50. The molecule has 0 bridgehead atoms. The van der Waals surface area contributed by atoms with Crippen molar-refractivity contribution in [2.24, 2.45) is 0 Å². The van der Waals surface area contributed by atoms with Crippen LogP contribution < -0.4 is 6.25 Å². The van der Waals surface area contributed by atoms with Crippen LogP contribution in [-0.4, -0.2) is 121 Å². The molecule has 0 aliphatic heterocycles. The summed E-state index contributed by atoms with van der Waals surface area (Å²) in [5.74, 6) is 0. The fraction of sp³-hybridized carbons (Fsp3) is 0.778. The Bertz CT molecular complexity index is 1670. The molecule has 0 unspecified atom stereocenters. The summed E-state index contributed by atoms with van der Waals surface area (Å²) in [7, 11) is -19.9. The molecular weight excluding hydrogens is 1190 g/mol. The van der Waals surface area contributed by atoms with E-state index in [1.807, 2.05) is 33.4 Å². The van der Waals surface area contributed by atoms with E-state index >= 15 is 0 Å². The number of hydrogen-bond donors (Lipinski definition) is 0. The Morgan fingerprint density at radius 1 is 0.209 bits per heavy atom. The van der Waals surface area contributed by atoms with Crippen LogP contribution >= 0.6 is 0 Å². The summed E-state index contributed by atoms with van der Waals surface area (Å²) in [6, 6.07) is 12.2. The normalized spacial score (nSPS) is 15.4. The summed E-state index contributed by atoms with van der Waals surface area (Å²) in [6.07, 6.45) is 0. The van der Waals surface area contributed by atoms with E-state index in [0.717, 1.165) is 31.0 Å². The van der Waals surface area contributed by atoms with Crippen molar-refractivity contribution in [1.29, 1.82) is 0 Å². The third-order valence-corrected chi connectivity index (χ3v) is 77.2. The number of rotatable bonds is 20. The molecule has 2 aromatic carbocycles. The van der Waals surface area contributed by atoms with Crippen LogP contribution in [0.1, 0.15) is 64.4 Å². The molecular formula is C54H118PbSi12. The Morgan fingerprint density at radius 2 is 0.328 bits per heavy atom. The van der Waals surface area contributed by atoms with Crippen LogP contribution in [0.15, 0.2) is 24.3 Å². The van der Waals surface area contributed by atoms with E-state index in [0.29, 0.717) is 0 Å². The van der Waals surface area contributed by atoms with E-state index < -0.39 is 121 Å². The van der Waals surface area contributed by atoms with Gasteiger partial charge in [0.2, 0.25) is 0 Å². The molecule has 0 aliphatic rings. The SMILES string of the molecule is C[Si](C)(C)C(c1cc(C([Si](C)(C)C)[Si](C)(C)C)[c]([Pb][c]2c(C([Si](C)(C)C)[Si](C)(C)C)cc(C([Si](C)(C)C)[Si](C)(C)C)cc2C([Si](C)(C)C)[Si](C)(C)C)c(C([Si](C)(C)C)[Si](C)(C)C)c1)[Si](C)(C)C. The second-order valence-corrected chi connectivity index (χ2v) is 107. The fourth-order valence-electron chi connectivity index (χ4n) is 16.6. The van der Waals surface area contributed by atoms with Crippen molar-refractivity contribution in [2.45, 2.75) is 267 Å². The molecule has 0 atom stereocenters. The van der Waals surface area contributed by atoms with Crippen LogP contribution in [0.2, 0.25) is 236 Å². The first-order valence-corrected chi connectivity index (χ1v) is 73.8. The number of hydrogen-bond acceptors (Lipinski definition) is 0. The van der Waals surface area contributed by atoms with Gasteiger partial charge in [0.05, 0.1) is 0 Å². The van der Waals surface area contributed by atoms with Crippen LogP contribution in [0.25, 0.3) is 0 Å². The van der Waals surface area contributed by atoms with Crippen molar-refractivity contribution in [1.82, 2.24) is 0 Å². The quantitative estimate of drug-likeness (QED) is 0.116. The van der Waals surface area contributed by atoms with Gasteiger partial charge >= 0.3 is 452 Å². The molecule has 2 rings (SSSR count). The molecule has 0 nitrogen and oxygen atoms in total. The van der Waals surface area contributed by atoms with Gasteiger partial charge in [-0.25, -0.2) is 0 Å². The Kier molecular flexibility index (Phi) is 20.2. The van der Waals surface area contributed by atoms with Gasteiger partial charge in [-0.1, -0.05) is 0 Å². The summed E-state index contributed by atoms with van der Waals surface area (Å²) in [5.41, 5.74) is 11.4. The molecule has 0 aliphatic carbocycles. The second kappa shape index (κ2) is 20.8. The first-order valence-electron chi connectivity index (χ1n) is 27.0. The van der Waals surface area contributed by atoms with E-state index in [1.54, 1.807) is 0 Å². The molecule has 0 aromatic heterocycles. The monoisotopic (exact) mass is 1310 g/mol. The zero-order valence-corrected chi connectivity index (χ0v) is 68.2. The summed E-state index contributed by atoms with van der Waals surface area (Å²) in [6.45, 7) is 99.8. The van der Waals surface area contributed by atoms with E-state index in [9.17, 15) is 0 Å². The van der Waals surface area contributed by atoms with Gasteiger partial charge < -0.3 is 0 Å². The van der Waals surface area contributed by atoms with Gasteiger partial charge in [0, 0.05) is 0 Å². The maximum absolute atomic E-state index is 3.06. The van der Waals surface area contributed by atoms with E-state index in [4.69, 9.17) is 0 Å². The zero-order chi connectivity index (χ0) is 53.6. The van der Waals surface area contributed by atoms with E-state index in [1.165, 1.54) is 0 Å². The van der Waals surface area contributed by atoms with Crippen LogP contribution in [0.4, 0.5) is 0 Å². The van der Waals surface area contributed by atoms with Gasteiger partial charge in [0.15, 0.2) is 0 Å². The zero-order valence-electron chi connectivity index (χ0n) is 52.3. The molecule has 0 saturated heterocycles. The van der Waals surface area contributed by atoms with Gasteiger partial charge in [-0.05, 0) is 0 Å². The van der Waals surface area contributed by atoms with Gasteiger partial charge in [-0.3, -0.25) is 0 Å². The van der Waals surface area contributed by atoms with Gasteiger partial charge in [-0.15, -0.1) is 0 Å². The third-order valence-electron chi connectivity index (χ3n) is 15.0. The molecule has 0 amide bonds. The van der Waals surface area contributed by atoms with Gasteiger partial charge in [0.1, 0.15) is 0 Å². The van der Waals surface area contributed by atoms with Crippen molar-refractivity contribution in [3.05, 3.63) is 57.6 Å². The van der Waals surface area contributed by atoms with Crippen LogP contribution in [0.3, 0.4) is 0 Å². The maximum atomic E-state index is 3.06. The van der Waals surface area contributed by atoms with Crippen molar-refractivity contribution in [2.75, 3.05) is 0 Å². The predicted octanol–water partition coefficient (Wildman–Crippen LogP) is 18.4. The first-order chi connectivity index (χ1) is 28.9. The molecule has 2 aromatic rings. The van der Waals surface area contributed by atoms with E-state index in [2.05, 4.69) is 266 Å². The van der Waals surface area contributed by atoms with Crippen molar-refractivity contribution < 1.29 is 0 Å². The van der Waals surface area contributed by atoms with Crippen molar-refractivity contribution in [3.63, 3.8) is 0 Å². The minimum absolute atomic E-state index is 0.748. The topological polar surface area (TPSA) is 0 Å². The molecule has 386 valence electrons. The fourth-order valence-corrected chi connectivity index (χ4v) is 104. The van der Waals surface area contributed by atoms with Crippen molar-refractivity contribution >= 4 is 127 Å². The Balaban J connectivity index is 3.99. The molecule has 67 heavy (non-hydrogen) atoms. The van der Waals surface area contributed by atoms with Gasteiger partial charge in [-0.2, -0.15) is 0 Å². The molecule has 0 spiro atoms. The summed E-state index contributed by atoms with van der Waals surface area (Å²) >= 11 is -1.83. The molecule has 0 fully saturated rings. The van der Waals surface area contributed by atoms with Crippen LogP contribution in [-0.2, 0) is 0 Å². The molecule has 0 N–H and O–H groups in total. The van der Waals surface area contributed by atoms with Gasteiger partial charge in [0.25, 0.3) is 0 Å². The summed E-state index contributed by atoms with van der Waals surface area (Å²) < 4.78 is 4.10. The van der Waals surface area contributed by atoms with E-state index in [-0.39, 0.29) is 0 Å².